The normalized spacial score (nSPS) is 11.5. The van der Waals surface area contributed by atoms with Crippen molar-refractivity contribution in [1.29, 1.82) is 0 Å². The van der Waals surface area contributed by atoms with E-state index >= 15 is 0 Å². The van der Waals surface area contributed by atoms with Crippen LogP contribution in [0.25, 0.3) is 0 Å². The highest BCUT2D eigenvalue weighted by Gasteiger charge is 2.19. The molecule has 6 heteroatoms. The van der Waals surface area contributed by atoms with Gasteiger partial charge in [0.15, 0.2) is 0 Å². The molecule has 1 atom stereocenters. The van der Waals surface area contributed by atoms with Crippen LogP contribution in [-0.4, -0.2) is 22.9 Å². The highest BCUT2D eigenvalue weighted by molar-refractivity contribution is 6.00. The first-order valence-electron chi connectivity index (χ1n) is 8.23. The Morgan fingerprint density at radius 3 is 2.19 bits per heavy atom. The van der Waals surface area contributed by atoms with Gasteiger partial charge >= 0.3 is 5.97 Å². The summed E-state index contributed by atoms with van der Waals surface area (Å²) in [6.07, 6.45) is -0.00439. The summed E-state index contributed by atoms with van der Waals surface area (Å²) in [5.74, 6) is -1.73. The number of aromatic carboxylic acids is 1. The Balaban J connectivity index is 2.18. The molecular weight excluding hydrogens is 332 g/mol. The smallest absolute Gasteiger partial charge is 0.337 e. The van der Waals surface area contributed by atoms with Gasteiger partial charge < -0.3 is 15.7 Å². The molecule has 0 fully saturated rings. The Labute approximate surface area is 152 Å². The average molecular weight is 354 g/mol. The molecule has 0 heterocycles. The van der Waals surface area contributed by atoms with Crippen molar-refractivity contribution in [2.75, 3.05) is 5.32 Å². The lowest BCUT2D eigenvalue weighted by Crippen LogP contribution is -2.30. The van der Waals surface area contributed by atoms with Gasteiger partial charge in [0.2, 0.25) is 11.8 Å². The number of hydrogen-bond donors (Lipinski definition) is 3. The van der Waals surface area contributed by atoms with Crippen molar-refractivity contribution in [3.63, 3.8) is 0 Å². The summed E-state index contributed by atoms with van der Waals surface area (Å²) in [4.78, 5) is 35.3. The molecule has 6 nitrogen and oxygen atoms in total. The number of carbonyl (C=O) groups excluding carboxylic acids is 2. The molecule has 2 rings (SSSR count). The van der Waals surface area contributed by atoms with E-state index in [2.05, 4.69) is 10.6 Å². The molecule has 26 heavy (non-hydrogen) atoms. The van der Waals surface area contributed by atoms with Gasteiger partial charge in [0.25, 0.3) is 0 Å². The molecule has 136 valence electrons. The quantitative estimate of drug-likeness (QED) is 0.742. The SMILES string of the molecule is CC(=O)NC(CC(=O)Nc1ccc(C)cc1C(=O)O)c1ccc(C)cc1. The van der Waals surface area contributed by atoms with Crippen LogP contribution in [0, 0.1) is 13.8 Å². The fraction of sp³-hybridized carbons (Fsp3) is 0.250. The summed E-state index contributed by atoms with van der Waals surface area (Å²) in [6.45, 7) is 5.12. The van der Waals surface area contributed by atoms with Gasteiger partial charge in [-0.2, -0.15) is 0 Å². The molecule has 2 aromatic rings. The van der Waals surface area contributed by atoms with E-state index in [1.807, 2.05) is 31.2 Å². The molecule has 2 aromatic carbocycles. The van der Waals surface area contributed by atoms with E-state index in [1.54, 1.807) is 19.1 Å². The van der Waals surface area contributed by atoms with E-state index in [-0.39, 0.29) is 29.5 Å². The molecule has 0 saturated carbocycles. The van der Waals surface area contributed by atoms with Crippen LogP contribution < -0.4 is 10.6 Å². The highest BCUT2D eigenvalue weighted by atomic mass is 16.4. The number of hydrogen-bond acceptors (Lipinski definition) is 3. The maximum absolute atomic E-state index is 12.4. The van der Waals surface area contributed by atoms with Gasteiger partial charge in [-0.1, -0.05) is 41.5 Å². The molecule has 0 radical (unpaired) electrons. The Morgan fingerprint density at radius 2 is 1.62 bits per heavy atom. The van der Waals surface area contributed by atoms with Crippen LogP contribution in [0.2, 0.25) is 0 Å². The summed E-state index contributed by atoms with van der Waals surface area (Å²) >= 11 is 0. The van der Waals surface area contributed by atoms with Crippen LogP contribution in [0.3, 0.4) is 0 Å². The first kappa shape index (κ1) is 19.2. The third-order valence-electron chi connectivity index (χ3n) is 3.93. The Kier molecular flexibility index (Phi) is 6.11. The second kappa shape index (κ2) is 8.29. The molecule has 0 bridgehead atoms. The highest BCUT2D eigenvalue weighted by Crippen LogP contribution is 2.21. The average Bonchev–Trinajstić information content (AvgIpc) is 2.56. The zero-order valence-corrected chi connectivity index (χ0v) is 15.0. The maximum Gasteiger partial charge on any atom is 0.337 e. The van der Waals surface area contributed by atoms with Crippen LogP contribution in [0.1, 0.15) is 46.4 Å². The molecule has 0 aliphatic rings. The van der Waals surface area contributed by atoms with Gasteiger partial charge in [0.05, 0.1) is 23.7 Å². The summed E-state index contributed by atoms with van der Waals surface area (Å²) in [5, 5.41) is 14.7. The minimum Gasteiger partial charge on any atom is -0.478 e. The topological polar surface area (TPSA) is 95.5 Å². The zero-order valence-electron chi connectivity index (χ0n) is 15.0. The molecule has 0 spiro atoms. The third kappa shape index (κ3) is 5.17. The maximum atomic E-state index is 12.4. The van der Waals surface area contributed by atoms with Gasteiger partial charge in [0, 0.05) is 6.92 Å². The zero-order chi connectivity index (χ0) is 19.3. The van der Waals surface area contributed by atoms with Crippen LogP contribution in [0.5, 0.6) is 0 Å². The standard InChI is InChI=1S/C20H22N2O4/c1-12-4-7-15(8-5-12)18(21-14(3)23)11-19(24)22-17-9-6-13(2)10-16(17)20(25)26/h4-10,18H,11H2,1-3H3,(H,21,23)(H,22,24)(H,25,26). The summed E-state index contributed by atoms with van der Waals surface area (Å²) < 4.78 is 0. The number of benzene rings is 2. The predicted molar refractivity (Wildman–Crippen MR) is 99.1 cm³/mol. The Morgan fingerprint density at radius 1 is 1.00 bits per heavy atom. The molecule has 2 amide bonds. The number of amides is 2. The lowest BCUT2D eigenvalue weighted by Gasteiger charge is -2.19. The van der Waals surface area contributed by atoms with E-state index in [0.29, 0.717) is 0 Å². The second-order valence-electron chi connectivity index (χ2n) is 6.27. The molecule has 0 aliphatic heterocycles. The molecule has 1 unspecified atom stereocenters. The van der Waals surface area contributed by atoms with E-state index < -0.39 is 12.0 Å². The minimum atomic E-state index is -1.11. The number of carboxylic acids is 1. The number of nitrogens with one attached hydrogen (secondary N) is 2. The predicted octanol–water partition coefficient (Wildman–Crippen LogP) is 3.21. The number of carbonyl (C=O) groups is 3. The van der Waals surface area contributed by atoms with Crippen molar-refractivity contribution in [1.82, 2.24) is 5.32 Å². The summed E-state index contributed by atoms with van der Waals surface area (Å²) in [7, 11) is 0. The lowest BCUT2D eigenvalue weighted by molar-refractivity contribution is -0.120. The molecule has 0 aromatic heterocycles. The van der Waals surface area contributed by atoms with Crippen molar-refractivity contribution in [3.05, 3.63) is 64.7 Å². The number of carboxylic acid groups (broad SMARTS) is 1. The molecule has 0 aliphatic carbocycles. The van der Waals surface area contributed by atoms with Crippen LogP contribution in [0.4, 0.5) is 5.69 Å². The number of anilines is 1. The fourth-order valence-electron chi connectivity index (χ4n) is 2.63. The Hall–Kier alpha value is -3.15. The number of aryl methyl sites for hydroxylation is 2. The van der Waals surface area contributed by atoms with Crippen LogP contribution in [0.15, 0.2) is 42.5 Å². The summed E-state index contributed by atoms with van der Waals surface area (Å²) in [5.41, 5.74) is 2.94. The summed E-state index contributed by atoms with van der Waals surface area (Å²) in [6, 6.07) is 11.8. The van der Waals surface area contributed by atoms with Crippen molar-refractivity contribution in [2.24, 2.45) is 0 Å². The number of rotatable bonds is 6. The van der Waals surface area contributed by atoms with Crippen molar-refractivity contribution in [3.8, 4) is 0 Å². The van der Waals surface area contributed by atoms with Gasteiger partial charge in [-0.25, -0.2) is 4.79 Å². The van der Waals surface area contributed by atoms with Crippen LogP contribution in [-0.2, 0) is 9.59 Å². The molecule has 0 saturated heterocycles. The van der Waals surface area contributed by atoms with E-state index in [9.17, 15) is 19.5 Å². The molecule has 3 N–H and O–H groups in total. The largest absolute Gasteiger partial charge is 0.478 e. The Bertz CT molecular complexity index is 828. The molecular formula is C20H22N2O4. The van der Waals surface area contributed by atoms with E-state index in [4.69, 9.17) is 0 Å². The van der Waals surface area contributed by atoms with E-state index in [0.717, 1.165) is 16.7 Å². The third-order valence-corrected chi connectivity index (χ3v) is 3.93. The lowest BCUT2D eigenvalue weighted by atomic mass is 10.0. The fourth-order valence-corrected chi connectivity index (χ4v) is 2.63. The second-order valence-corrected chi connectivity index (χ2v) is 6.27. The van der Waals surface area contributed by atoms with E-state index in [1.165, 1.54) is 13.0 Å². The van der Waals surface area contributed by atoms with Gasteiger partial charge in [-0.05, 0) is 31.5 Å². The minimum absolute atomic E-state index is 0.00439. The first-order valence-corrected chi connectivity index (χ1v) is 8.23. The van der Waals surface area contributed by atoms with Gasteiger partial charge in [0.1, 0.15) is 0 Å². The van der Waals surface area contributed by atoms with Crippen LogP contribution >= 0.6 is 0 Å². The van der Waals surface area contributed by atoms with Crippen molar-refractivity contribution in [2.45, 2.75) is 33.2 Å². The first-order chi connectivity index (χ1) is 12.3. The van der Waals surface area contributed by atoms with Gasteiger partial charge in [-0.3, -0.25) is 9.59 Å². The van der Waals surface area contributed by atoms with Crippen molar-refractivity contribution >= 4 is 23.5 Å². The van der Waals surface area contributed by atoms with Crippen molar-refractivity contribution < 1.29 is 19.5 Å². The van der Waals surface area contributed by atoms with Gasteiger partial charge in [-0.15, -0.1) is 0 Å². The monoisotopic (exact) mass is 354 g/mol.